The molecule has 1 rings (SSSR count). The van der Waals surface area contributed by atoms with Gasteiger partial charge in [-0.05, 0) is 25.0 Å². The average Bonchev–Trinajstić information content (AvgIpc) is 2.40. The molecule has 0 aliphatic rings. The zero-order valence-corrected chi connectivity index (χ0v) is 11.4. The van der Waals surface area contributed by atoms with Gasteiger partial charge in [-0.3, -0.25) is 14.9 Å². The van der Waals surface area contributed by atoms with E-state index in [0.717, 1.165) is 25.7 Å². The first-order chi connectivity index (χ1) is 9.08. The van der Waals surface area contributed by atoms with Crippen LogP contribution in [-0.4, -0.2) is 10.8 Å². The maximum atomic E-state index is 12.0. The van der Waals surface area contributed by atoms with Gasteiger partial charge >= 0.3 is 0 Å². The Balaban J connectivity index is 2.62. The lowest BCUT2D eigenvalue weighted by Crippen LogP contribution is -2.22. The summed E-state index contributed by atoms with van der Waals surface area (Å²) >= 11 is 0. The van der Waals surface area contributed by atoms with Crippen molar-refractivity contribution in [3.8, 4) is 0 Å². The van der Waals surface area contributed by atoms with E-state index in [-0.39, 0.29) is 17.5 Å². The van der Waals surface area contributed by atoms with Gasteiger partial charge in [-0.15, -0.1) is 0 Å². The smallest absolute Gasteiger partial charge is 0.269 e. The van der Waals surface area contributed by atoms with Crippen molar-refractivity contribution in [2.24, 2.45) is 5.92 Å². The lowest BCUT2D eigenvalue weighted by atomic mass is 9.98. The summed E-state index contributed by atoms with van der Waals surface area (Å²) in [6, 6.07) is 5.90. The van der Waals surface area contributed by atoms with Crippen LogP contribution >= 0.6 is 0 Å². The van der Waals surface area contributed by atoms with E-state index in [1.807, 2.05) is 6.92 Å². The van der Waals surface area contributed by atoms with E-state index in [1.54, 1.807) is 12.1 Å². The van der Waals surface area contributed by atoms with E-state index in [0.29, 0.717) is 5.69 Å². The molecule has 0 radical (unpaired) electrons. The van der Waals surface area contributed by atoms with Gasteiger partial charge in [0, 0.05) is 23.7 Å². The SMILES string of the molecule is CCCCC(CC)C(=O)Nc1ccc([N+](=O)[O-])cc1. The first-order valence-corrected chi connectivity index (χ1v) is 6.63. The quantitative estimate of drug-likeness (QED) is 0.602. The monoisotopic (exact) mass is 264 g/mol. The van der Waals surface area contributed by atoms with Crippen LogP contribution in [0.15, 0.2) is 24.3 Å². The normalized spacial score (nSPS) is 11.9. The molecule has 0 spiro atoms. The summed E-state index contributed by atoms with van der Waals surface area (Å²) in [6.45, 7) is 4.09. The third-order valence-corrected chi connectivity index (χ3v) is 3.12. The molecule has 5 nitrogen and oxygen atoms in total. The molecule has 1 N–H and O–H groups in total. The largest absolute Gasteiger partial charge is 0.326 e. The number of nitro benzene ring substituents is 1. The van der Waals surface area contributed by atoms with Crippen molar-refractivity contribution >= 4 is 17.3 Å². The summed E-state index contributed by atoms with van der Waals surface area (Å²) in [5, 5.41) is 13.3. The van der Waals surface area contributed by atoms with E-state index >= 15 is 0 Å². The molecule has 5 heteroatoms. The average molecular weight is 264 g/mol. The topological polar surface area (TPSA) is 72.2 Å². The van der Waals surface area contributed by atoms with Crippen LogP contribution in [0, 0.1) is 16.0 Å². The Labute approximate surface area is 113 Å². The molecule has 19 heavy (non-hydrogen) atoms. The number of non-ortho nitro benzene ring substituents is 1. The van der Waals surface area contributed by atoms with E-state index in [4.69, 9.17) is 0 Å². The molecule has 1 unspecified atom stereocenters. The van der Waals surface area contributed by atoms with Crippen molar-refractivity contribution in [3.63, 3.8) is 0 Å². The first kappa shape index (κ1) is 15.1. The van der Waals surface area contributed by atoms with E-state index in [2.05, 4.69) is 12.2 Å². The van der Waals surface area contributed by atoms with Gasteiger partial charge in [-0.2, -0.15) is 0 Å². The highest BCUT2D eigenvalue weighted by Gasteiger charge is 2.16. The maximum absolute atomic E-state index is 12.0. The second-order valence-corrected chi connectivity index (χ2v) is 4.54. The number of nitrogens with one attached hydrogen (secondary N) is 1. The third kappa shape index (κ3) is 4.69. The Morgan fingerprint density at radius 3 is 2.42 bits per heavy atom. The van der Waals surface area contributed by atoms with Crippen molar-refractivity contribution in [2.45, 2.75) is 39.5 Å². The van der Waals surface area contributed by atoms with Gasteiger partial charge in [0.25, 0.3) is 5.69 Å². The fourth-order valence-electron chi connectivity index (χ4n) is 1.88. The number of nitrogens with zero attached hydrogens (tertiary/aromatic N) is 1. The summed E-state index contributed by atoms with van der Waals surface area (Å²) in [4.78, 5) is 22.1. The minimum atomic E-state index is -0.457. The number of anilines is 1. The van der Waals surface area contributed by atoms with Crippen LogP contribution in [0.3, 0.4) is 0 Å². The Bertz CT molecular complexity index is 429. The van der Waals surface area contributed by atoms with Gasteiger partial charge in [0.05, 0.1) is 4.92 Å². The second-order valence-electron chi connectivity index (χ2n) is 4.54. The molecule has 0 bridgehead atoms. The van der Waals surface area contributed by atoms with Gasteiger partial charge in [0.2, 0.25) is 5.91 Å². The maximum Gasteiger partial charge on any atom is 0.269 e. The number of benzene rings is 1. The molecule has 104 valence electrons. The number of rotatable bonds is 7. The van der Waals surface area contributed by atoms with Crippen LogP contribution in [0.4, 0.5) is 11.4 Å². The summed E-state index contributed by atoms with van der Waals surface area (Å²) in [6.07, 6.45) is 3.79. The molecule has 0 aromatic heterocycles. The molecule has 1 amide bonds. The minimum Gasteiger partial charge on any atom is -0.326 e. The van der Waals surface area contributed by atoms with Crippen molar-refractivity contribution in [1.29, 1.82) is 0 Å². The number of unbranched alkanes of at least 4 members (excludes halogenated alkanes) is 1. The highest BCUT2D eigenvalue weighted by Crippen LogP contribution is 2.18. The molecule has 0 aliphatic heterocycles. The fraction of sp³-hybridized carbons (Fsp3) is 0.500. The van der Waals surface area contributed by atoms with E-state index in [1.165, 1.54) is 12.1 Å². The highest BCUT2D eigenvalue weighted by atomic mass is 16.6. The zero-order valence-electron chi connectivity index (χ0n) is 11.4. The van der Waals surface area contributed by atoms with Crippen molar-refractivity contribution in [1.82, 2.24) is 0 Å². The van der Waals surface area contributed by atoms with Gasteiger partial charge in [0.15, 0.2) is 0 Å². The van der Waals surface area contributed by atoms with Crippen molar-refractivity contribution in [2.75, 3.05) is 5.32 Å². The highest BCUT2D eigenvalue weighted by molar-refractivity contribution is 5.92. The fourth-order valence-corrected chi connectivity index (χ4v) is 1.88. The van der Waals surface area contributed by atoms with Crippen molar-refractivity contribution < 1.29 is 9.72 Å². The van der Waals surface area contributed by atoms with E-state index in [9.17, 15) is 14.9 Å². The van der Waals surface area contributed by atoms with Gasteiger partial charge in [-0.25, -0.2) is 0 Å². The standard InChI is InChI=1S/C14H20N2O3/c1-3-5-6-11(4-2)14(17)15-12-7-9-13(10-8-12)16(18)19/h7-11H,3-6H2,1-2H3,(H,15,17). The van der Waals surface area contributed by atoms with Gasteiger partial charge < -0.3 is 5.32 Å². The van der Waals surface area contributed by atoms with Crippen LogP contribution in [0.5, 0.6) is 0 Å². The van der Waals surface area contributed by atoms with Crippen LogP contribution < -0.4 is 5.32 Å². The number of hydrogen-bond donors (Lipinski definition) is 1. The van der Waals surface area contributed by atoms with Gasteiger partial charge in [-0.1, -0.05) is 26.7 Å². The number of carbonyl (C=O) groups excluding carboxylic acids is 1. The zero-order chi connectivity index (χ0) is 14.3. The predicted octanol–water partition coefficient (Wildman–Crippen LogP) is 3.75. The lowest BCUT2D eigenvalue weighted by molar-refractivity contribution is -0.384. The van der Waals surface area contributed by atoms with Crippen LogP contribution in [0.1, 0.15) is 39.5 Å². The van der Waals surface area contributed by atoms with Crippen LogP contribution in [-0.2, 0) is 4.79 Å². The Morgan fingerprint density at radius 2 is 1.95 bits per heavy atom. The number of nitro groups is 1. The molecule has 0 saturated heterocycles. The molecule has 1 aromatic carbocycles. The number of carbonyl (C=O) groups is 1. The lowest BCUT2D eigenvalue weighted by Gasteiger charge is -2.14. The number of amides is 1. The second kappa shape index (κ2) is 7.51. The molecule has 0 saturated carbocycles. The third-order valence-electron chi connectivity index (χ3n) is 3.12. The summed E-state index contributed by atoms with van der Waals surface area (Å²) in [5.41, 5.74) is 0.626. The molecule has 0 heterocycles. The van der Waals surface area contributed by atoms with Gasteiger partial charge in [0.1, 0.15) is 0 Å². The molecular formula is C14H20N2O3. The molecule has 1 atom stereocenters. The molecule has 0 fully saturated rings. The van der Waals surface area contributed by atoms with Crippen LogP contribution in [0.2, 0.25) is 0 Å². The first-order valence-electron chi connectivity index (χ1n) is 6.63. The summed E-state index contributed by atoms with van der Waals surface area (Å²) in [7, 11) is 0. The minimum absolute atomic E-state index is 0.00939. The molecular weight excluding hydrogens is 244 g/mol. The predicted molar refractivity (Wildman–Crippen MR) is 75.0 cm³/mol. The van der Waals surface area contributed by atoms with Crippen LogP contribution in [0.25, 0.3) is 0 Å². The molecule has 1 aromatic rings. The summed E-state index contributed by atoms with van der Waals surface area (Å²) < 4.78 is 0. The molecule has 0 aliphatic carbocycles. The summed E-state index contributed by atoms with van der Waals surface area (Å²) in [5.74, 6) is -0.0000509. The van der Waals surface area contributed by atoms with E-state index < -0.39 is 4.92 Å². The Kier molecular flexibility index (Phi) is 5.99. The van der Waals surface area contributed by atoms with Crippen molar-refractivity contribution in [3.05, 3.63) is 34.4 Å². The Hall–Kier alpha value is -1.91. The Morgan fingerprint density at radius 1 is 1.32 bits per heavy atom. The number of hydrogen-bond acceptors (Lipinski definition) is 3.